The van der Waals surface area contributed by atoms with Gasteiger partial charge in [0.15, 0.2) is 0 Å². The zero-order valence-corrected chi connectivity index (χ0v) is 14.3. The molecule has 4 heteroatoms. The molecule has 0 N–H and O–H groups in total. The average molecular weight is 379 g/mol. The number of benzene rings is 2. The molecule has 0 aromatic heterocycles. The van der Waals surface area contributed by atoms with E-state index in [-0.39, 0.29) is 5.38 Å². The smallest absolute Gasteiger partial charge is 0.0852 e. The summed E-state index contributed by atoms with van der Waals surface area (Å²) in [7, 11) is 0. The molecule has 100 valence electrons. The van der Waals surface area contributed by atoms with Crippen LogP contribution in [-0.2, 0) is 0 Å². The van der Waals surface area contributed by atoms with Gasteiger partial charge in [0.25, 0.3) is 0 Å². The third kappa shape index (κ3) is 3.28. The molecule has 0 amide bonds. The Hall–Kier alpha value is -0.210. The molecule has 0 aliphatic carbocycles. The van der Waals surface area contributed by atoms with E-state index in [9.17, 15) is 0 Å². The molecular formula is C15H12BrCl3. The summed E-state index contributed by atoms with van der Waals surface area (Å²) >= 11 is 22.3. The second-order valence-electron chi connectivity index (χ2n) is 4.49. The minimum Gasteiger partial charge on any atom is -0.113 e. The van der Waals surface area contributed by atoms with Gasteiger partial charge in [-0.1, -0.05) is 51.3 Å². The summed E-state index contributed by atoms with van der Waals surface area (Å²) in [5.74, 6) is 0. The fourth-order valence-electron chi connectivity index (χ4n) is 1.95. The summed E-state index contributed by atoms with van der Waals surface area (Å²) in [6.07, 6.45) is 0. The van der Waals surface area contributed by atoms with Gasteiger partial charge in [0, 0.05) is 14.5 Å². The maximum absolute atomic E-state index is 6.58. The van der Waals surface area contributed by atoms with Crippen LogP contribution < -0.4 is 0 Å². The number of hydrogen-bond acceptors (Lipinski definition) is 0. The van der Waals surface area contributed by atoms with Crippen LogP contribution in [0.15, 0.2) is 34.8 Å². The van der Waals surface area contributed by atoms with E-state index in [2.05, 4.69) is 15.9 Å². The van der Waals surface area contributed by atoms with E-state index in [4.69, 9.17) is 34.8 Å². The molecule has 0 nitrogen and oxygen atoms in total. The van der Waals surface area contributed by atoms with Crippen molar-refractivity contribution in [3.8, 4) is 0 Å². The fourth-order valence-corrected chi connectivity index (χ4v) is 3.43. The first kappa shape index (κ1) is 15.2. The van der Waals surface area contributed by atoms with Crippen LogP contribution in [0.1, 0.15) is 27.6 Å². The molecule has 0 radical (unpaired) electrons. The van der Waals surface area contributed by atoms with Crippen molar-refractivity contribution in [1.82, 2.24) is 0 Å². The Balaban J connectivity index is 2.49. The van der Waals surface area contributed by atoms with E-state index < -0.39 is 0 Å². The van der Waals surface area contributed by atoms with Crippen LogP contribution in [-0.4, -0.2) is 0 Å². The van der Waals surface area contributed by atoms with Gasteiger partial charge in [-0.3, -0.25) is 0 Å². The van der Waals surface area contributed by atoms with Crippen LogP contribution >= 0.6 is 50.7 Å². The van der Waals surface area contributed by atoms with Gasteiger partial charge < -0.3 is 0 Å². The third-order valence-electron chi connectivity index (χ3n) is 3.06. The molecule has 0 bridgehead atoms. The summed E-state index contributed by atoms with van der Waals surface area (Å²) in [5, 5.41) is 1.13. The van der Waals surface area contributed by atoms with Crippen LogP contribution in [0.4, 0.5) is 0 Å². The molecule has 0 aliphatic heterocycles. The Morgan fingerprint density at radius 3 is 2.21 bits per heavy atom. The first-order valence-electron chi connectivity index (χ1n) is 5.76. The summed E-state index contributed by atoms with van der Waals surface area (Å²) in [4.78, 5) is 0. The number of rotatable bonds is 2. The van der Waals surface area contributed by atoms with E-state index in [1.807, 2.05) is 44.2 Å². The number of alkyl halides is 1. The summed E-state index contributed by atoms with van der Waals surface area (Å²) in [6, 6.07) is 9.69. The van der Waals surface area contributed by atoms with Crippen molar-refractivity contribution in [2.45, 2.75) is 19.2 Å². The Bertz CT molecular complexity index is 623. The molecule has 2 aromatic rings. The lowest BCUT2D eigenvalue weighted by Gasteiger charge is -2.16. The molecule has 19 heavy (non-hydrogen) atoms. The predicted molar refractivity (Wildman–Crippen MR) is 87.8 cm³/mol. The maximum Gasteiger partial charge on any atom is 0.0852 e. The van der Waals surface area contributed by atoms with Crippen molar-refractivity contribution in [2.24, 2.45) is 0 Å². The van der Waals surface area contributed by atoms with E-state index in [1.165, 1.54) is 0 Å². The highest BCUT2D eigenvalue weighted by atomic mass is 79.9. The Kier molecular flexibility index (Phi) is 4.84. The molecule has 0 saturated carbocycles. The van der Waals surface area contributed by atoms with E-state index in [1.54, 1.807) is 0 Å². The monoisotopic (exact) mass is 376 g/mol. The van der Waals surface area contributed by atoms with Crippen molar-refractivity contribution >= 4 is 50.7 Å². The molecule has 2 rings (SSSR count). The zero-order chi connectivity index (χ0) is 14.2. The largest absolute Gasteiger partial charge is 0.113 e. The highest BCUT2D eigenvalue weighted by molar-refractivity contribution is 9.10. The first-order chi connectivity index (χ1) is 8.90. The lowest BCUT2D eigenvalue weighted by molar-refractivity contribution is 1.10. The van der Waals surface area contributed by atoms with Gasteiger partial charge in [-0.2, -0.15) is 0 Å². The second kappa shape index (κ2) is 6.05. The molecule has 2 aromatic carbocycles. The van der Waals surface area contributed by atoms with Crippen molar-refractivity contribution in [3.63, 3.8) is 0 Å². The maximum atomic E-state index is 6.58. The molecule has 1 unspecified atom stereocenters. The second-order valence-corrected chi connectivity index (χ2v) is 6.65. The highest BCUT2D eigenvalue weighted by Gasteiger charge is 2.17. The lowest BCUT2D eigenvalue weighted by atomic mass is 9.98. The molecule has 0 fully saturated rings. The van der Waals surface area contributed by atoms with Crippen molar-refractivity contribution in [1.29, 1.82) is 0 Å². The van der Waals surface area contributed by atoms with Crippen molar-refractivity contribution in [2.75, 3.05) is 0 Å². The van der Waals surface area contributed by atoms with Gasteiger partial charge >= 0.3 is 0 Å². The number of halogens is 4. The van der Waals surface area contributed by atoms with E-state index in [0.29, 0.717) is 5.02 Å². The average Bonchev–Trinajstić information content (AvgIpc) is 2.33. The summed E-state index contributed by atoms with van der Waals surface area (Å²) in [5.41, 5.74) is 4.01. The van der Waals surface area contributed by atoms with Crippen molar-refractivity contribution in [3.05, 3.63) is 67.1 Å². The standard InChI is InChI=1S/C15H12BrCl3/c1-8-6-13(17)9(2)5-12(8)15(19)11-4-3-10(16)7-14(11)18/h3-7,15H,1-2H3. The fraction of sp³-hybridized carbons (Fsp3) is 0.200. The molecule has 0 aliphatic rings. The lowest BCUT2D eigenvalue weighted by Crippen LogP contribution is -1.98. The molecule has 0 heterocycles. The van der Waals surface area contributed by atoms with Gasteiger partial charge in [0.1, 0.15) is 0 Å². The minimum atomic E-state index is -0.281. The number of hydrogen-bond donors (Lipinski definition) is 0. The molecule has 1 atom stereocenters. The third-order valence-corrected chi connectivity index (χ3v) is 4.75. The van der Waals surface area contributed by atoms with Gasteiger partial charge in [-0.25, -0.2) is 0 Å². The van der Waals surface area contributed by atoms with Crippen LogP contribution in [0.3, 0.4) is 0 Å². The van der Waals surface area contributed by atoms with Crippen LogP contribution in [0, 0.1) is 13.8 Å². The minimum absolute atomic E-state index is 0.281. The van der Waals surface area contributed by atoms with Gasteiger partial charge in [-0.15, -0.1) is 11.6 Å². The van der Waals surface area contributed by atoms with E-state index in [0.717, 1.165) is 31.7 Å². The van der Waals surface area contributed by atoms with Gasteiger partial charge in [0.05, 0.1) is 5.38 Å². The normalized spacial score (nSPS) is 12.5. The van der Waals surface area contributed by atoms with Gasteiger partial charge in [-0.05, 0) is 54.3 Å². The molecule has 0 spiro atoms. The molecular weight excluding hydrogens is 366 g/mol. The SMILES string of the molecule is Cc1cc(C(Cl)c2ccc(Br)cc2Cl)c(C)cc1Cl. The molecule has 0 saturated heterocycles. The summed E-state index contributed by atoms with van der Waals surface area (Å²) < 4.78 is 0.939. The summed E-state index contributed by atoms with van der Waals surface area (Å²) in [6.45, 7) is 3.97. The van der Waals surface area contributed by atoms with E-state index >= 15 is 0 Å². The number of aryl methyl sites for hydroxylation is 2. The highest BCUT2D eigenvalue weighted by Crippen LogP contribution is 2.37. The van der Waals surface area contributed by atoms with Gasteiger partial charge in [0.2, 0.25) is 0 Å². The van der Waals surface area contributed by atoms with Crippen molar-refractivity contribution < 1.29 is 0 Å². The first-order valence-corrected chi connectivity index (χ1v) is 7.74. The Labute approximate surface area is 136 Å². The van der Waals surface area contributed by atoms with Crippen LogP contribution in [0.5, 0.6) is 0 Å². The quantitative estimate of drug-likeness (QED) is 0.510. The topological polar surface area (TPSA) is 0 Å². The predicted octanol–water partition coefficient (Wildman–Crippen LogP) is 6.70. The van der Waals surface area contributed by atoms with Crippen LogP contribution in [0.25, 0.3) is 0 Å². The Morgan fingerprint density at radius 1 is 0.895 bits per heavy atom. The van der Waals surface area contributed by atoms with Crippen LogP contribution in [0.2, 0.25) is 10.0 Å². The Morgan fingerprint density at radius 2 is 1.58 bits per heavy atom. The zero-order valence-electron chi connectivity index (χ0n) is 10.5.